The first kappa shape index (κ1) is 7.65. The second-order valence-corrected chi connectivity index (χ2v) is 2.94. The van der Waals surface area contributed by atoms with Crippen LogP contribution in [0, 0.1) is 0 Å². The Morgan fingerprint density at radius 1 is 1.80 bits per heavy atom. The Balaban J connectivity index is 2.78. The number of nitrogens with zero attached hydrogens (tertiary/aromatic N) is 1. The molecule has 1 aromatic rings. The normalized spacial score (nSPS) is 13.5. The van der Waals surface area contributed by atoms with Gasteiger partial charge in [-0.1, -0.05) is 0 Å². The molecule has 1 aromatic heterocycles. The number of thiazole rings is 1. The summed E-state index contributed by atoms with van der Waals surface area (Å²) in [7, 11) is 0. The molecule has 56 valence electrons. The summed E-state index contributed by atoms with van der Waals surface area (Å²) in [5, 5.41) is 20.0. The van der Waals surface area contributed by atoms with Crippen molar-refractivity contribution >= 4 is 11.3 Å². The van der Waals surface area contributed by atoms with Crippen LogP contribution in [0.1, 0.15) is 23.7 Å². The highest BCUT2D eigenvalue weighted by molar-refractivity contribution is 7.09. The van der Waals surface area contributed by atoms with Crippen LogP contribution in [0.15, 0.2) is 5.38 Å². The maximum atomic E-state index is 9.00. The summed E-state index contributed by atoms with van der Waals surface area (Å²) in [6.45, 7) is 1.60. The van der Waals surface area contributed by atoms with E-state index >= 15 is 0 Å². The third-order valence-electron chi connectivity index (χ3n) is 1.13. The lowest BCUT2D eigenvalue weighted by Gasteiger charge is -1.95. The highest BCUT2D eigenvalue weighted by atomic mass is 32.1. The Kier molecular flexibility index (Phi) is 2.37. The second-order valence-electron chi connectivity index (χ2n) is 2.00. The van der Waals surface area contributed by atoms with Crippen molar-refractivity contribution in [2.45, 2.75) is 19.6 Å². The van der Waals surface area contributed by atoms with E-state index in [1.807, 2.05) is 0 Å². The summed E-state index contributed by atoms with van der Waals surface area (Å²) in [5.41, 5.74) is 0.633. The van der Waals surface area contributed by atoms with E-state index in [1.54, 1.807) is 12.3 Å². The SMILES string of the molecule is CC(O)c1csc(CO)n1. The highest BCUT2D eigenvalue weighted by Gasteiger charge is 2.04. The van der Waals surface area contributed by atoms with E-state index in [2.05, 4.69) is 4.98 Å². The summed E-state index contributed by atoms with van der Waals surface area (Å²) >= 11 is 1.36. The molecule has 0 aromatic carbocycles. The van der Waals surface area contributed by atoms with Crippen molar-refractivity contribution in [2.24, 2.45) is 0 Å². The summed E-state index contributed by atoms with van der Waals surface area (Å²) in [6.07, 6.45) is -0.531. The van der Waals surface area contributed by atoms with E-state index in [4.69, 9.17) is 10.2 Å². The minimum Gasteiger partial charge on any atom is -0.389 e. The molecule has 1 unspecified atom stereocenters. The number of hydrogen-bond acceptors (Lipinski definition) is 4. The largest absolute Gasteiger partial charge is 0.389 e. The van der Waals surface area contributed by atoms with Gasteiger partial charge in [0.15, 0.2) is 0 Å². The Morgan fingerprint density at radius 3 is 2.80 bits per heavy atom. The molecule has 0 amide bonds. The molecule has 1 atom stereocenters. The van der Waals surface area contributed by atoms with Gasteiger partial charge in [0.05, 0.1) is 18.4 Å². The van der Waals surface area contributed by atoms with Crippen LogP contribution in [0.5, 0.6) is 0 Å². The third kappa shape index (κ3) is 1.53. The molecule has 10 heavy (non-hydrogen) atoms. The van der Waals surface area contributed by atoms with Crippen molar-refractivity contribution in [1.29, 1.82) is 0 Å². The van der Waals surface area contributed by atoms with Gasteiger partial charge in [0.25, 0.3) is 0 Å². The average Bonchev–Trinajstić information content (AvgIpc) is 2.34. The van der Waals surface area contributed by atoms with Crippen molar-refractivity contribution in [1.82, 2.24) is 4.98 Å². The van der Waals surface area contributed by atoms with E-state index in [9.17, 15) is 0 Å². The van der Waals surface area contributed by atoms with E-state index in [-0.39, 0.29) is 6.61 Å². The Morgan fingerprint density at radius 2 is 2.50 bits per heavy atom. The molecular formula is C6H9NO2S. The van der Waals surface area contributed by atoms with Gasteiger partial charge in [0.1, 0.15) is 5.01 Å². The first-order valence-electron chi connectivity index (χ1n) is 2.97. The molecule has 3 nitrogen and oxygen atoms in total. The van der Waals surface area contributed by atoms with E-state index in [0.29, 0.717) is 10.7 Å². The predicted octanol–water partition coefficient (Wildman–Crippen LogP) is 0.689. The molecule has 0 radical (unpaired) electrons. The molecule has 0 fully saturated rings. The lowest BCUT2D eigenvalue weighted by molar-refractivity contribution is 0.194. The Hall–Kier alpha value is -0.450. The van der Waals surface area contributed by atoms with Gasteiger partial charge in [-0.3, -0.25) is 0 Å². The number of aliphatic hydroxyl groups is 2. The molecule has 0 aliphatic rings. The smallest absolute Gasteiger partial charge is 0.118 e. The lowest BCUT2D eigenvalue weighted by Crippen LogP contribution is -1.91. The minimum absolute atomic E-state index is 0.0443. The molecule has 0 saturated carbocycles. The summed E-state index contributed by atoms with van der Waals surface area (Å²) < 4.78 is 0. The molecule has 4 heteroatoms. The standard InChI is InChI=1S/C6H9NO2S/c1-4(9)5-3-10-6(2-8)7-5/h3-4,8-9H,2H2,1H3. The van der Waals surface area contributed by atoms with Crippen LogP contribution in [0.2, 0.25) is 0 Å². The van der Waals surface area contributed by atoms with E-state index in [1.165, 1.54) is 11.3 Å². The van der Waals surface area contributed by atoms with Crippen LogP contribution in [0.3, 0.4) is 0 Å². The zero-order valence-electron chi connectivity index (χ0n) is 5.61. The summed E-state index contributed by atoms with van der Waals surface area (Å²) in [4.78, 5) is 3.95. The molecule has 0 spiro atoms. The van der Waals surface area contributed by atoms with E-state index in [0.717, 1.165) is 0 Å². The molecular weight excluding hydrogens is 150 g/mol. The topological polar surface area (TPSA) is 53.4 Å². The average molecular weight is 159 g/mol. The van der Waals surface area contributed by atoms with Gasteiger partial charge in [-0.05, 0) is 6.92 Å². The molecule has 2 N–H and O–H groups in total. The molecule has 0 saturated heterocycles. The van der Waals surface area contributed by atoms with Gasteiger partial charge >= 0.3 is 0 Å². The lowest BCUT2D eigenvalue weighted by atomic mass is 10.3. The van der Waals surface area contributed by atoms with Crippen LogP contribution in [0.4, 0.5) is 0 Å². The van der Waals surface area contributed by atoms with Crippen molar-refractivity contribution in [3.63, 3.8) is 0 Å². The van der Waals surface area contributed by atoms with Crippen molar-refractivity contribution in [3.05, 3.63) is 16.1 Å². The monoisotopic (exact) mass is 159 g/mol. The fourth-order valence-electron chi connectivity index (χ4n) is 0.590. The molecule has 1 heterocycles. The van der Waals surface area contributed by atoms with E-state index < -0.39 is 6.10 Å². The zero-order chi connectivity index (χ0) is 7.56. The Labute approximate surface area is 63.0 Å². The Bertz CT molecular complexity index is 209. The number of aromatic nitrogens is 1. The minimum atomic E-state index is -0.531. The van der Waals surface area contributed by atoms with Crippen molar-refractivity contribution in [2.75, 3.05) is 0 Å². The molecule has 0 aliphatic heterocycles. The third-order valence-corrected chi connectivity index (χ3v) is 1.98. The summed E-state index contributed by atoms with van der Waals surface area (Å²) in [5.74, 6) is 0. The molecule has 0 aliphatic carbocycles. The van der Waals surface area contributed by atoms with Gasteiger partial charge in [-0.15, -0.1) is 11.3 Å². The molecule has 0 bridgehead atoms. The predicted molar refractivity (Wildman–Crippen MR) is 38.7 cm³/mol. The zero-order valence-corrected chi connectivity index (χ0v) is 6.43. The van der Waals surface area contributed by atoms with Crippen LogP contribution in [0.25, 0.3) is 0 Å². The van der Waals surface area contributed by atoms with Crippen LogP contribution < -0.4 is 0 Å². The first-order valence-corrected chi connectivity index (χ1v) is 3.85. The van der Waals surface area contributed by atoms with Gasteiger partial charge in [-0.25, -0.2) is 4.98 Å². The fraction of sp³-hybridized carbons (Fsp3) is 0.500. The number of hydrogen-bond donors (Lipinski definition) is 2. The number of rotatable bonds is 2. The van der Waals surface area contributed by atoms with Gasteiger partial charge in [-0.2, -0.15) is 0 Å². The van der Waals surface area contributed by atoms with Gasteiger partial charge < -0.3 is 10.2 Å². The quantitative estimate of drug-likeness (QED) is 0.667. The van der Waals surface area contributed by atoms with Crippen LogP contribution in [-0.2, 0) is 6.61 Å². The summed E-state index contributed by atoms with van der Waals surface area (Å²) in [6, 6.07) is 0. The maximum Gasteiger partial charge on any atom is 0.118 e. The molecule has 1 rings (SSSR count). The maximum absolute atomic E-state index is 9.00. The first-order chi connectivity index (χ1) is 4.74. The van der Waals surface area contributed by atoms with Crippen LogP contribution >= 0.6 is 11.3 Å². The van der Waals surface area contributed by atoms with Crippen molar-refractivity contribution < 1.29 is 10.2 Å². The highest BCUT2D eigenvalue weighted by Crippen LogP contribution is 2.15. The van der Waals surface area contributed by atoms with Crippen LogP contribution in [-0.4, -0.2) is 15.2 Å². The number of aliphatic hydroxyl groups excluding tert-OH is 2. The van der Waals surface area contributed by atoms with Crippen molar-refractivity contribution in [3.8, 4) is 0 Å². The van der Waals surface area contributed by atoms with Gasteiger partial charge in [0, 0.05) is 5.38 Å². The fourth-order valence-corrected chi connectivity index (χ4v) is 1.33. The second kappa shape index (κ2) is 3.09. The van der Waals surface area contributed by atoms with Gasteiger partial charge in [0.2, 0.25) is 0 Å².